The first-order valence-corrected chi connectivity index (χ1v) is 6.20. The van der Waals surface area contributed by atoms with E-state index >= 15 is 0 Å². The highest BCUT2D eigenvalue weighted by molar-refractivity contribution is 9.10. The number of rotatable bonds is 2. The van der Waals surface area contributed by atoms with Gasteiger partial charge in [-0.3, -0.25) is 0 Å². The van der Waals surface area contributed by atoms with Crippen molar-refractivity contribution in [1.29, 1.82) is 0 Å². The zero-order valence-corrected chi connectivity index (χ0v) is 11.5. The van der Waals surface area contributed by atoms with Crippen LogP contribution in [0.1, 0.15) is 23.9 Å². The van der Waals surface area contributed by atoms with Gasteiger partial charge in [0.1, 0.15) is 0 Å². The Morgan fingerprint density at radius 3 is 2.65 bits per heavy atom. The molecule has 2 rings (SSSR count). The van der Waals surface area contributed by atoms with E-state index in [2.05, 4.69) is 32.9 Å². The predicted molar refractivity (Wildman–Crippen MR) is 67.9 cm³/mol. The summed E-state index contributed by atoms with van der Waals surface area (Å²) in [6.45, 7) is 5.92. The first-order valence-electron chi connectivity index (χ1n) is 5.41. The van der Waals surface area contributed by atoms with Crippen molar-refractivity contribution in [3.05, 3.63) is 39.5 Å². The SMILES string of the molecule is CCc1c(C)nn(-c2ncc(Br)cc2F)c1C. The molecule has 0 bridgehead atoms. The third-order valence-corrected chi connectivity index (χ3v) is 3.22. The van der Waals surface area contributed by atoms with Crippen LogP contribution in [0.5, 0.6) is 0 Å². The predicted octanol–water partition coefficient (Wildman–Crippen LogP) is 3.35. The fourth-order valence-electron chi connectivity index (χ4n) is 1.96. The average Bonchev–Trinajstić information content (AvgIpc) is 2.54. The monoisotopic (exact) mass is 297 g/mol. The largest absolute Gasteiger partial charge is 0.233 e. The summed E-state index contributed by atoms with van der Waals surface area (Å²) in [6, 6.07) is 1.39. The van der Waals surface area contributed by atoms with Crippen LogP contribution in [0.15, 0.2) is 16.7 Å². The Hall–Kier alpha value is -1.23. The Morgan fingerprint density at radius 1 is 1.41 bits per heavy atom. The molecular weight excluding hydrogens is 285 g/mol. The van der Waals surface area contributed by atoms with E-state index in [0.717, 1.165) is 23.4 Å². The maximum absolute atomic E-state index is 13.8. The Kier molecular flexibility index (Phi) is 3.28. The second-order valence-corrected chi connectivity index (χ2v) is 4.79. The normalized spacial score (nSPS) is 10.9. The van der Waals surface area contributed by atoms with Crippen LogP contribution < -0.4 is 0 Å². The summed E-state index contributed by atoms with van der Waals surface area (Å²) in [7, 11) is 0. The second-order valence-electron chi connectivity index (χ2n) is 3.87. The Balaban J connectivity index is 2.61. The Morgan fingerprint density at radius 2 is 2.12 bits per heavy atom. The fourth-order valence-corrected chi connectivity index (χ4v) is 2.26. The minimum absolute atomic E-state index is 0.244. The van der Waals surface area contributed by atoms with Gasteiger partial charge in [0.25, 0.3) is 0 Å². The first-order chi connectivity index (χ1) is 8.04. The molecule has 0 radical (unpaired) electrons. The van der Waals surface area contributed by atoms with Crippen LogP contribution in [0.25, 0.3) is 5.82 Å². The summed E-state index contributed by atoms with van der Waals surface area (Å²) in [5.41, 5.74) is 3.02. The molecule has 2 heterocycles. The molecule has 2 aromatic rings. The van der Waals surface area contributed by atoms with Gasteiger partial charge in [0.2, 0.25) is 0 Å². The molecule has 5 heteroatoms. The number of hydrogen-bond acceptors (Lipinski definition) is 2. The second kappa shape index (κ2) is 4.56. The summed E-state index contributed by atoms with van der Waals surface area (Å²) in [6.07, 6.45) is 2.45. The van der Waals surface area contributed by atoms with Crippen molar-refractivity contribution in [2.24, 2.45) is 0 Å². The zero-order chi connectivity index (χ0) is 12.6. The van der Waals surface area contributed by atoms with Crippen LogP contribution in [0, 0.1) is 19.7 Å². The summed E-state index contributed by atoms with van der Waals surface area (Å²) in [5, 5.41) is 4.34. The molecule has 0 unspecified atom stereocenters. The van der Waals surface area contributed by atoms with Crippen molar-refractivity contribution < 1.29 is 4.39 Å². The first kappa shape index (κ1) is 12.2. The lowest BCUT2D eigenvalue weighted by molar-refractivity contribution is 0.596. The molecule has 2 aromatic heterocycles. The smallest absolute Gasteiger partial charge is 0.189 e. The third-order valence-electron chi connectivity index (χ3n) is 2.78. The molecule has 0 saturated carbocycles. The number of pyridine rings is 1. The highest BCUT2D eigenvalue weighted by Gasteiger charge is 2.15. The standard InChI is InChI=1S/C12H13BrFN3/c1-4-10-7(2)16-17(8(10)3)12-11(14)5-9(13)6-15-12/h5-6H,4H2,1-3H3. The summed E-state index contributed by atoms with van der Waals surface area (Å²) >= 11 is 3.19. The highest BCUT2D eigenvalue weighted by atomic mass is 79.9. The van der Waals surface area contributed by atoms with Crippen molar-refractivity contribution >= 4 is 15.9 Å². The van der Waals surface area contributed by atoms with Crippen molar-refractivity contribution in [1.82, 2.24) is 14.8 Å². The zero-order valence-electron chi connectivity index (χ0n) is 9.96. The molecular formula is C12H13BrFN3. The van der Waals surface area contributed by atoms with Gasteiger partial charge in [-0.2, -0.15) is 5.10 Å². The van der Waals surface area contributed by atoms with Gasteiger partial charge in [-0.1, -0.05) is 6.92 Å². The molecule has 3 nitrogen and oxygen atoms in total. The molecule has 0 atom stereocenters. The van der Waals surface area contributed by atoms with E-state index in [9.17, 15) is 4.39 Å². The van der Waals surface area contributed by atoms with Gasteiger partial charge < -0.3 is 0 Å². The lowest BCUT2D eigenvalue weighted by atomic mass is 10.1. The maximum atomic E-state index is 13.8. The molecule has 90 valence electrons. The average molecular weight is 298 g/mol. The van der Waals surface area contributed by atoms with Gasteiger partial charge >= 0.3 is 0 Å². The molecule has 0 aliphatic heterocycles. The van der Waals surface area contributed by atoms with Gasteiger partial charge in [0.05, 0.1) is 5.69 Å². The molecule has 0 spiro atoms. The van der Waals surface area contributed by atoms with Gasteiger partial charge in [0.15, 0.2) is 11.6 Å². The number of aromatic nitrogens is 3. The molecule has 0 N–H and O–H groups in total. The Bertz CT molecular complexity index is 563. The topological polar surface area (TPSA) is 30.7 Å². The minimum atomic E-state index is -0.382. The summed E-state index contributed by atoms with van der Waals surface area (Å²) < 4.78 is 16.0. The molecule has 0 saturated heterocycles. The minimum Gasteiger partial charge on any atom is -0.233 e. The van der Waals surface area contributed by atoms with Crippen LogP contribution in [-0.2, 0) is 6.42 Å². The number of halogens is 2. The van der Waals surface area contributed by atoms with E-state index < -0.39 is 0 Å². The lowest BCUT2D eigenvalue weighted by Gasteiger charge is -2.05. The van der Waals surface area contributed by atoms with Crippen LogP contribution in [-0.4, -0.2) is 14.8 Å². The lowest BCUT2D eigenvalue weighted by Crippen LogP contribution is -2.05. The molecule has 0 aliphatic carbocycles. The molecule has 0 aromatic carbocycles. The number of hydrogen-bond donors (Lipinski definition) is 0. The van der Waals surface area contributed by atoms with E-state index in [0.29, 0.717) is 4.47 Å². The van der Waals surface area contributed by atoms with Crippen LogP contribution in [0.3, 0.4) is 0 Å². The fraction of sp³-hybridized carbons (Fsp3) is 0.333. The maximum Gasteiger partial charge on any atom is 0.189 e. The number of nitrogens with zero attached hydrogens (tertiary/aromatic N) is 3. The van der Waals surface area contributed by atoms with Gasteiger partial charge in [0, 0.05) is 16.4 Å². The highest BCUT2D eigenvalue weighted by Crippen LogP contribution is 2.20. The van der Waals surface area contributed by atoms with Crippen LogP contribution >= 0.6 is 15.9 Å². The van der Waals surface area contributed by atoms with Crippen molar-refractivity contribution in [2.45, 2.75) is 27.2 Å². The summed E-state index contributed by atoms with van der Waals surface area (Å²) in [4.78, 5) is 4.08. The molecule has 0 fully saturated rings. The van der Waals surface area contributed by atoms with E-state index in [1.54, 1.807) is 10.9 Å². The van der Waals surface area contributed by atoms with E-state index in [4.69, 9.17) is 0 Å². The van der Waals surface area contributed by atoms with Crippen molar-refractivity contribution in [3.8, 4) is 5.82 Å². The van der Waals surface area contributed by atoms with Crippen molar-refractivity contribution in [2.75, 3.05) is 0 Å². The van der Waals surface area contributed by atoms with Gasteiger partial charge in [-0.15, -0.1) is 0 Å². The molecule has 17 heavy (non-hydrogen) atoms. The van der Waals surface area contributed by atoms with E-state index in [1.165, 1.54) is 6.07 Å². The molecule has 0 amide bonds. The number of aryl methyl sites for hydroxylation is 1. The summed E-state index contributed by atoms with van der Waals surface area (Å²) in [5.74, 6) is -0.138. The van der Waals surface area contributed by atoms with Crippen LogP contribution in [0.2, 0.25) is 0 Å². The Labute approximate surface area is 108 Å². The third kappa shape index (κ3) is 2.11. The van der Waals surface area contributed by atoms with E-state index in [-0.39, 0.29) is 11.6 Å². The van der Waals surface area contributed by atoms with Gasteiger partial charge in [-0.25, -0.2) is 14.1 Å². The quantitative estimate of drug-likeness (QED) is 0.851. The van der Waals surface area contributed by atoms with Crippen molar-refractivity contribution in [3.63, 3.8) is 0 Å². The van der Waals surface area contributed by atoms with Gasteiger partial charge in [-0.05, 0) is 47.8 Å². The van der Waals surface area contributed by atoms with Crippen LogP contribution in [0.4, 0.5) is 4.39 Å². The van der Waals surface area contributed by atoms with E-state index in [1.807, 2.05) is 13.8 Å². The molecule has 0 aliphatic rings.